The zero-order valence-electron chi connectivity index (χ0n) is 17.4. The maximum absolute atomic E-state index is 13.1. The summed E-state index contributed by atoms with van der Waals surface area (Å²) in [5.41, 5.74) is 1.54. The molecule has 4 aliphatic rings. The summed E-state index contributed by atoms with van der Waals surface area (Å²) in [5.74, 6) is 0.733. The van der Waals surface area contributed by atoms with Gasteiger partial charge in [-0.05, 0) is 56.1 Å². The van der Waals surface area contributed by atoms with Crippen molar-refractivity contribution >= 4 is 28.4 Å². The van der Waals surface area contributed by atoms with E-state index in [1.54, 1.807) is 11.1 Å². The topological polar surface area (TPSA) is 82.5 Å². The van der Waals surface area contributed by atoms with Crippen molar-refractivity contribution in [3.63, 3.8) is 0 Å². The number of likely N-dealkylation sites (tertiary alicyclic amines) is 1. The van der Waals surface area contributed by atoms with E-state index in [-0.39, 0.29) is 35.6 Å². The number of benzene rings is 1. The first-order chi connectivity index (χ1) is 15.1. The van der Waals surface area contributed by atoms with Crippen LogP contribution in [0.15, 0.2) is 48.7 Å². The highest BCUT2D eigenvalue weighted by atomic mass is 16.3. The number of allylic oxidation sites excluding steroid dienone is 2. The molecular weight excluding hydrogens is 390 g/mol. The number of carbonyl (C=O) groups is 2. The Labute approximate surface area is 181 Å². The summed E-state index contributed by atoms with van der Waals surface area (Å²) in [6.07, 6.45) is 9.42. The summed E-state index contributed by atoms with van der Waals surface area (Å²) in [4.78, 5) is 32.2. The maximum Gasteiger partial charge on any atom is 0.229 e. The Hall–Kier alpha value is -2.73. The smallest absolute Gasteiger partial charge is 0.229 e. The minimum Gasteiger partial charge on any atom is -0.373 e. The lowest BCUT2D eigenvalue weighted by Crippen LogP contribution is -2.46. The molecule has 6 heteroatoms. The number of carbonyl (C=O) groups excluding carboxylic acids is 2. The Bertz CT molecular complexity index is 1070. The number of aromatic nitrogens is 1. The average molecular weight is 418 g/mol. The molecule has 3 fully saturated rings. The third-order valence-corrected chi connectivity index (χ3v) is 8.04. The van der Waals surface area contributed by atoms with Crippen molar-refractivity contribution in [3.05, 3.63) is 48.7 Å². The molecule has 2 amide bonds. The number of anilines is 1. The summed E-state index contributed by atoms with van der Waals surface area (Å²) in [6.45, 7) is 0. The number of aliphatic hydroxyl groups is 1. The van der Waals surface area contributed by atoms with Gasteiger partial charge in [-0.1, -0.05) is 30.4 Å². The Balaban J connectivity index is 1.11. The SMILES string of the molecule is O=C(Nc1cccc2cccnc12)C1CCC(N2C(=O)[C@@H]3[C@H](C2O)[C@@H]2C=C[C@H]3C2)CC1. The van der Waals surface area contributed by atoms with E-state index in [9.17, 15) is 14.7 Å². The van der Waals surface area contributed by atoms with Crippen LogP contribution in [0.5, 0.6) is 0 Å². The van der Waals surface area contributed by atoms with Crippen molar-refractivity contribution < 1.29 is 14.7 Å². The van der Waals surface area contributed by atoms with Gasteiger partial charge in [-0.2, -0.15) is 0 Å². The van der Waals surface area contributed by atoms with E-state index in [1.807, 2.05) is 30.3 Å². The Morgan fingerprint density at radius 3 is 2.65 bits per heavy atom. The van der Waals surface area contributed by atoms with Crippen LogP contribution in [0, 0.1) is 29.6 Å². The standard InChI is InChI=1S/C25H27N3O3/c29-23(27-19-5-1-3-14-4-2-12-26-22(14)19)15-8-10-18(11-9-15)28-24(30)20-16-6-7-17(13-16)21(20)25(28)31/h1-7,12,15-18,20-21,24,30H,8-11,13H2,(H,27,29)/t15?,16-,17+,18?,20-,21+,24?/m1/s1. The Morgan fingerprint density at radius 2 is 1.84 bits per heavy atom. The number of nitrogens with one attached hydrogen (secondary N) is 1. The quantitative estimate of drug-likeness (QED) is 0.751. The second-order valence-electron chi connectivity index (χ2n) is 9.59. The number of amides is 2. The summed E-state index contributed by atoms with van der Waals surface area (Å²) in [5, 5.41) is 15.0. The van der Waals surface area contributed by atoms with Crippen LogP contribution < -0.4 is 5.32 Å². The fourth-order valence-electron chi connectivity index (χ4n) is 6.55. The highest BCUT2D eigenvalue weighted by molar-refractivity contribution is 6.01. The van der Waals surface area contributed by atoms with Gasteiger partial charge >= 0.3 is 0 Å². The monoisotopic (exact) mass is 417 g/mol. The number of hydrogen-bond acceptors (Lipinski definition) is 4. The molecule has 0 radical (unpaired) electrons. The molecule has 160 valence electrons. The van der Waals surface area contributed by atoms with E-state index < -0.39 is 6.23 Å². The third kappa shape index (κ3) is 2.92. The van der Waals surface area contributed by atoms with Gasteiger partial charge in [0.1, 0.15) is 6.23 Å². The summed E-state index contributed by atoms with van der Waals surface area (Å²) in [7, 11) is 0. The van der Waals surface area contributed by atoms with Crippen LogP contribution >= 0.6 is 0 Å². The second-order valence-corrected chi connectivity index (χ2v) is 9.59. The van der Waals surface area contributed by atoms with E-state index in [0.29, 0.717) is 11.8 Å². The molecule has 1 unspecified atom stereocenters. The van der Waals surface area contributed by atoms with Crippen LogP contribution in [0.2, 0.25) is 0 Å². The first kappa shape index (κ1) is 19.0. The molecule has 3 aliphatic carbocycles. The number of fused-ring (bicyclic) bond motifs is 6. The van der Waals surface area contributed by atoms with Gasteiger partial charge in [0.2, 0.25) is 11.8 Å². The van der Waals surface area contributed by atoms with E-state index in [1.165, 1.54) is 0 Å². The number of pyridine rings is 1. The molecule has 1 saturated heterocycles. The summed E-state index contributed by atoms with van der Waals surface area (Å²) >= 11 is 0. The first-order valence-electron chi connectivity index (χ1n) is 11.4. The number of rotatable bonds is 3. The average Bonchev–Trinajstić information content (AvgIpc) is 3.48. The van der Waals surface area contributed by atoms with Crippen LogP contribution in [-0.4, -0.2) is 39.1 Å². The van der Waals surface area contributed by atoms with Gasteiger partial charge in [0, 0.05) is 29.5 Å². The minimum atomic E-state index is -0.672. The molecule has 2 heterocycles. The first-order valence-corrected chi connectivity index (χ1v) is 11.4. The van der Waals surface area contributed by atoms with Gasteiger partial charge in [0.25, 0.3) is 0 Å². The Morgan fingerprint density at radius 1 is 1.06 bits per heavy atom. The van der Waals surface area contributed by atoms with E-state index in [4.69, 9.17) is 0 Å². The zero-order valence-corrected chi connectivity index (χ0v) is 17.4. The van der Waals surface area contributed by atoms with Crippen molar-refractivity contribution in [2.24, 2.45) is 29.6 Å². The van der Waals surface area contributed by atoms with Crippen LogP contribution in [0.3, 0.4) is 0 Å². The van der Waals surface area contributed by atoms with Gasteiger partial charge in [-0.3, -0.25) is 14.6 Å². The zero-order chi connectivity index (χ0) is 21.1. The normalized spacial score (nSPS) is 36.2. The van der Waals surface area contributed by atoms with Gasteiger partial charge in [-0.25, -0.2) is 0 Å². The van der Waals surface area contributed by atoms with E-state index >= 15 is 0 Å². The molecule has 2 saturated carbocycles. The molecular formula is C25H27N3O3. The van der Waals surface area contributed by atoms with Crippen molar-refractivity contribution in [3.8, 4) is 0 Å². The molecule has 2 aromatic rings. The molecule has 2 bridgehead atoms. The lowest BCUT2D eigenvalue weighted by Gasteiger charge is -2.37. The number of nitrogens with zero attached hydrogens (tertiary/aromatic N) is 2. The number of para-hydroxylation sites is 1. The largest absolute Gasteiger partial charge is 0.373 e. The van der Waals surface area contributed by atoms with Gasteiger partial charge < -0.3 is 15.3 Å². The van der Waals surface area contributed by atoms with Crippen LogP contribution in [-0.2, 0) is 9.59 Å². The van der Waals surface area contributed by atoms with E-state index in [0.717, 1.165) is 48.7 Å². The highest BCUT2D eigenvalue weighted by Gasteiger charge is 2.60. The number of aliphatic hydroxyl groups excluding tert-OH is 1. The summed E-state index contributed by atoms with van der Waals surface area (Å²) < 4.78 is 0. The van der Waals surface area contributed by atoms with E-state index in [2.05, 4.69) is 22.5 Å². The van der Waals surface area contributed by atoms with Crippen LogP contribution in [0.1, 0.15) is 32.1 Å². The molecule has 6 nitrogen and oxygen atoms in total. The molecule has 1 aliphatic heterocycles. The molecule has 0 spiro atoms. The molecule has 31 heavy (non-hydrogen) atoms. The molecule has 6 rings (SSSR count). The van der Waals surface area contributed by atoms with Crippen molar-refractivity contribution in [1.29, 1.82) is 0 Å². The highest BCUT2D eigenvalue weighted by Crippen LogP contribution is 2.55. The lowest BCUT2D eigenvalue weighted by molar-refractivity contribution is -0.141. The van der Waals surface area contributed by atoms with Crippen molar-refractivity contribution in [1.82, 2.24) is 9.88 Å². The van der Waals surface area contributed by atoms with Crippen LogP contribution in [0.25, 0.3) is 10.9 Å². The Kier molecular flexibility index (Phi) is 4.39. The van der Waals surface area contributed by atoms with Gasteiger partial charge in [-0.15, -0.1) is 0 Å². The predicted octanol–water partition coefficient (Wildman–Crippen LogP) is 3.33. The molecule has 2 N–H and O–H groups in total. The second kappa shape index (κ2) is 7.16. The maximum atomic E-state index is 13.1. The van der Waals surface area contributed by atoms with Crippen LogP contribution in [0.4, 0.5) is 5.69 Å². The molecule has 5 atom stereocenters. The van der Waals surface area contributed by atoms with Crippen molar-refractivity contribution in [2.75, 3.05) is 5.32 Å². The minimum absolute atomic E-state index is 0.0176. The summed E-state index contributed by atoms with van der Waals surface area (Å²) in [6, 6.07) is 9.71. The lowest BCUT2D eigenvalue weighted by atomic mass is 9.84. The fraction of sp³-hybridized carbons (Fsp3) is 0.480. The van der Waals surface area contributed by atoms with Crippen molar-refractivity contribution in [2.45, 2.75) is 44.4 Å². The van der Waals surface area contributed by atoms with Gasteiger partial charge in [0.15, 0.2) is 0 Å². The third-order valence-electron chi connectivity index (χ3n) is 8.04. The molecule has 1 aromatic carbocycles. The predicted molar refractivity (Wildman–Crippen MR) is 117 cm³/mol. The fourth-order valence-corrected chi connectivity index (χ4v) is 6.55. The number of hydrogen-bond donors (Lipinski definition) is 2. The van der Waals surface area contributed by atoms with Gasteiger partial charge in [0.05, 0.1) is 17.1 Å². The molecule has 1 aromatic heterocycles.